The van der Waals surface area contributed by atoms with Gasteiger partial charge in [0.2, 0.25) is 5.78 Å². The Labute approximate surface area is 205 Å². The van der Waals surface area contributed by atoms with Crippen molar-refractivity contribution in [1.82, 2.24) is 14.2 Å². The molecule has 2 aliphatic heterocycles. The van der Waals surface area contributed by atoms with Crippen LogP contribution in [0.25, 0.3) is 0 Å². The van der Waals surface area contributed by atoms with Crippen LogP contribution in [0.2, 0.25) is 0 Å². The Morgan fingerprint density at radius 1 is 1.15 bits per heavy atom. The summed E-state index contributed by atoms with van der Waals surface area (Å²) in [7, 11) is -0.974. The molecule has 7 nitrogen and oxygen atoms in total. The first-order valence-corrected chi connectivity index (χ1v) is 13.9. The van der Waals surface area contributed by atoms with Gasteiger partial charge in [0, 0.05) is 24.9 Å². The summed E-state index contributed by atoms with van der Waals surface area (Å²) in [5.41, 5.74) is 5.26. The molecule has 2 aromatic rings. The quantitative estimate of drug-likeness (QED) is 0.500. The fraction of sp³-hybridized carbons (Fsp3) is 0.565. The Morgan fingerprint density at radius 3 is 2.50 bits per heavy atom. The normalized spacial score (nSPS) is 19.2. The van der Waals surface area contributed by atoms with Crippen molar-refractivity contribution in [2.24, 2.45) is 0 Å². The zero-order valence-corrected chi connectivity index (χ0v) is 20.7. The van der Waals surface area contributed by atoms with E-state index in [1.807, 2.05) is 4.31 Å². The maximum absolute atomic E-state index is 14.0. The minimum absolute atomic E-state index is 0.0127. The number of nitrogens with one attached hydrogen (secondary N) is 1. The zero-order valence-electron chi connectivity index (χ0n) is 19.1. The van der Waals surface area contributed by atoms with Crippen LogP contribution in [0.4, 0.5) is 19.7 Å². The van der Waals surface area contributed by atoms with Crippen molar-refractivity contribution >= 4 is 39.1 Å². The van der Waals surface area contributed by atoms with Crippen LogP contribution >= 0.6 is 11.3 Å². The van der Waals surface area contributed by atoms with E-state index in [2.05, 4.69) is 15.2 Å². The van der Waals surface area contributed by atoms with Crippen molar-refractivity contribution in [3.63, 3.8) is 0 Å². The van der Waals surface area contributed by atoms with Crippen molar-refractivity contribution in [3.05, 3.63) is 40.3 Å². The third-order valence-electron chi connectivity index (χ3n) is 6.36. The van der Waals surface area contributed by atoms with E-state index in [4.69, 9.17) is 5.73 Å². The van der Waals surface area contributed by atoms with Crippen molar-refractivity contribution in [2.45, 2.75) is 44.6 Å². The van der Waals surface area contributed by atoms with E-state index in [9.17, 15) is 17.8 Å². The number of ketones is 1. The van der Waals surface area contributed by atoms with E-state index in [1.54, 1.807) is 0 Å². The highest BCUT2D eigenvalue weighted by Gasteiger charge is 2.27. The number of carbonyl (C=O) groups excluding carboxylic acids is 1. The Bertz CT molecular complexity index is 1000. The maximum atomic E-state index is 14.0. The summed E-state index contributed by atoms with van der Waals surface area (Å²) in [6.45, 7) is 4.76. The van der Waals surface area contributed by atoms with E-state index in [0.717, 1.165) is 62.4 Å². The molecule has 34 heavy (non-hydrogen) atoms. The van der Waals surface area contributed by atoms with Crippen LogP contribution in [0.1, 0.15) is 53.8 Å². The molecule has 2 saturated heterocycles. The molecular formula is C23H31F2N5O2S2. The standard InChI is InChI=1S/C23H31F2N5O2S2/c24-17-6-4-7-18(25)19(17)20(31)21-22(26)28-23(33-21)27-16-8-13-30(14-9-16)34(32)15-5-12-29-10-2-1-3-11-29/h4,6-7,16H,1-3,5,8-15,26H2,(H,27,28). The highest BCUT2D eigenvalue weighted by molar-refractivity contribution is 7.82. The molecule has 0 radical (unpaired) electrons. The molecule has 1 aromatic carbocycles. The second kappa shape index (κ2) is 11.7. The summed E-state index contributed by atoms with van der Waals surface area (Å²) in [4.78, 5) is 19.3. The number of rotatable bonds is 9. The van der Waals surface area contributed by atoms with Crippen LogP contribution in [-0.4, -0.2) is 68.7 Å². The summed E-state index contributed by atoms with van der Waals surface area (Å²) in [6, 6.07) is 3.38. The van der Waals surface area contributed by atoms with Gasteiger partial charge in [-0.15, -0.1) is 0 Å². The summed E-state index contributed by atoms with van der Waals surface area (Å²) < 4.78 is 42.7. The number of aromatic nitrogens is 1. The summed E-state index contributed by atoms with van der Waals surface area (Å²) in [6.07, 6.45) is 6.36. The predicted octanol–water partition coefficient (Wildman–Crippen LogP) is 3.65. The molecule has 2 aliphatic rings. The molecule has 3 N–H and O–H groups in total. The molecule has 4 rings (SSSR count). The number of thiazole rings is 1. The number of carbonyl (C=O) groups is 1. The van der Waals surface area contributed by atoms with Gasteiger partial charge < -0.3 is 16.0 Å². The van der Waals surface area contributed by atoms with Gasteiger partial charge in [0.1, 0.15) is 22.3 Å². The van der Waals surface area contributed by atoms with Crippen molar-refractivity contribution in [3.8, 4) is 0 Å². The number of nitrogens with zero attached hydrogens (tertiary/aromatic N) is 3. The molecule has 0 bridgehead atoms. The summed E-state index contributed by atoms with van der Waals surface area (Å²) in [5.74, 6) is -2.02. The first-order valence-electron chi connectivity index (χ1n) is 11.8. The molecule has 1 unspecified atom stereocenters. The lowest BCUT2D eigenvalue weighted by molar-refractivity contribution is 0.103. The minimum atomic E-state index is -0.974. The van der Waals surface area contributed by atoms with Crippen LogP contribution in [0.5, 0.6) is 0 Å². The maximum Gasteiger partial charge on any atom is 0.212 e. The number of likely N-dealkylation sites (tertiary alicyclic amines) is 1. The van der Waals surface area contributed by atoms with Crippen molar-refractivity contribution in [2.75, 3.05) is 49.5 Å². The average molecular weight is 512 g/mol. The number of benzene rings is 1. The third-order valence-corrected chi connectivity index (χ3v) is 8.94. The molecule has 186 valence electrons. The predicted molar refractivity (Wildman–Crippen MR) is 132 cm³/mol. The van der Waals surface area contributed by atoms with E-state index >= 15 is 0 Å². The largest absolute Gasteiger partial charge is 0.382 e. The third kappa shape index (κ3) is 6.18. The lowest BCUT2D eigenvalue weighted by Crippen LogP contribution is -2.41. The van der Waals surface area contributed by atoms with Crippen LogP contribution < -0.4 is 11.1 Å². The van der Waals surface area contributed by atoms with Crippen LogP contribution in [-0.2, 0) is 11.0 Å². The SMILES string of the molecule is Nc1nc(NC2CCN(S(=O)CCCN3CCCCC3)CC2)sc1C(=O)c1c(F)cccc1F. The lowest BCUT2D eigenvalue weighted by atomic mass is 10.1. The highest BCUT2D eigenvalue weighted by atomic mass is 32.2. The van der Waals surface area contributed by atoms with Gasteiger partial charge >= 0.3 is 0 Å². The molecule has 2 fully saturated rings. The molecule has 0 amide bonds. The number of halogens is 2. The number of nitrogens with two attached hydrogens (primary N) is 1. The van der Waals surface area contributed by atoms with Gasteiger partial charge in [-0.3, -0.25) is 4.79 Å². The Kier molecular flexibility index (Phi) is 8.62. The van der Waals surface area contributed by atoms with Crippen LogP contribution in [0.15, 0.2) is 18.2 Å². The molecule has 0 saturated carbocycles. The average Bonchev–Trinajstić information content (AvgIpc) is 3.19. The topological polar surface area (TPSA) is 91.6 Å². The van der Waals surface area contributed by atoms with Gasteiger partial charge in [0.05, 0.1) is 16.5 Å². The Morgan fingerprint density at radius 2 is 1.82 bits per heavy atom. The molecule has 1 aromatic heterocycles. The first kappa shape index (κ1) is 25.2. The molecule has 3 heterocycles. The monoisotopic (exact) mass is 511 g/mol. The van der Waals surface area contributed by atoms with Gasteiger partial charge in [-0.2, -0.15) is 0 Å². The molecular weight excluding hydrogens is 480 g/mol. The van der Waals surface area contributed by atoms with E-state index in [0.29, 0.717) is 24.0 Å². The van der Waals surface area contributed by atoms with Gasteiger partial charge in [0.25, 0.3) is 0 Å². The first-order chi connectivity index (χ1) is 16.4. The van der Waals surface area contributed by atoms with Gasteiger partial charge in [-0.05, 0) is 63.9 Å². The molecule has 0 spiro atoms. The number of anilines is 2. The van der Waals surface area contributed by atoms with E-state index < -0.39 is 34.0 Å². The van der Waals surface area contributed by atoms with Crippen molar-refractivity contribution < 1.29 is 17.8 Å². The number of piperidine rings is 2. The smallest absolute Gasteiger partial charge is 0.212 e. The number of hydrogen-bond acceptors (Lipinski definition) is 7. The fourth-order valence-corrected chi connectivity index (χ4v) is 6.65. The van der Waals surface area contributed by atoms with Gasteiger partial charge in [0.15, 0.2) is 5.13 Å². The second-order valence-electron chi connectivity index (χ2n) is 8.79. The minimum Gasteiger partial charge on any atom is -0.382 e. The highest BCUT2D eigenvalue weighted by Crippen LogP contribution is 2.30. The zero-order chi connectivity index (χ0) is 24.1. The van der Waals surface area contributed by atoms with Gasteiger partial charge in [-0.25, -0.2) is 22.3 Å². The Hall–Kier alpha value is -1.95. The van der Waals surface area contributed by atoms with Crippen LogP contribution in [0, 0.1) is 11.6 Å². The van der Waals surface area contributed by atoms with Gasteiger partial charge in [-0.1, -0.05) is 23.8 Å². The molecule has 0 aliphatic carbocycles. The molecule has 11 heteroatoms. The number of hydrogen-bond donors (Lipinski definition) is 2. The number of nitrogen functional groups attached to an aromatic ring is 1. The second-order valence-corrected chi connectivity index (χ2v) is 11.4. The Balaban J connectivity index is 1.26. The lowest BCUT2D eigenvalue weighted by Gasteiger charge is -2.31. The van der Waals surface area contributed by atoms with Crippen LogP contribution in [0.3, 0.4) is 0 Å². The molecule has 1 atom stereocenters. The summed E-state index contributed by atoms with van der Waals surface area (Å²) in [5, 5.41) is 3.72. The fourth-order valence-electron chi connectivity index (χ4n) is 4.49. The summed E-state index contributed by atoms with van der Waals surface area (Å²) >= 11 is 0.997. The van der Waals surface area contributed by atoms with Crippen molar-refractivity contribution in [1.29, 1.82) is 0 Å². The van der Waals surface area contributed by atoms with E-state index in [-0.39, 0.29) is 16.7 Å². The van der Waals surface area contributed by atoms with E-state index in [1.165, 1.54) is 25.3 Å².